The molecule has 0 aromatic heterocycles. The molecule has 1 aliphatic heterocycles. The first-order chi connectivity index (χ1) is 14.0. The molecule has 0 saturated carbocycles. The van der Waals surface area contributed by atoms with E-state index >= 15 is 0 Å². The molecule has 6 nitrogen and oxygen atoms in total. The minimum Gasteiger partial charge on any atom is -0.497 e. The third-order valence-electron chi connectivity index (χ3n) is 5.10. The van der Waals surface area contributed by atoms with Gasteiger partial charge in [-0.2, -0.15) is 0 Å². The van der Waals surface area contributed by atoms with Gasteiger partial charge in [-0.3, -0.25) is 4.79 Å². The van der Waals surface area contributed by atoms with Gasteiger partial charge in [0.25, 0.3) is 5.91 Å². The van der Waals surface area contributed by atoms with E-state index in [0.717, 1.165) is 35.8 Å². The number of hydrogen-bond acceptors (Lipinski definition) is 5. The third kappa shape index (κ3) is 5.21. The molecule has 2 aromatic rings. The molecule has 1 fully saturated rings. The van der Waals surface area contributed by atoms with Gasteiger partial charge in [0, 0.05) is 43.0 Å². The fraction of sp³-hybridized carbons (Fsp3) is 0.435. The molecule has 0 N–H and O–H groups in total. The van der Waals surface area contributed by atoms with E-state index in [9.17, 15) is 4.79 Å². The molecule has 0 spiro atoms. The Morgan fingerprint density at radius 3 is 2.24 bits per heavy atom. The molecule has 0 unspecified atom stereocenters. The van der Waals surface area contributed by atoms with E-state index in [1.165, 1.54) is 0 Å². The average molecular weight is 399 g/mol. The fourth-order valence-electron chi connectivity index (χ4n) is 3.42. The summed E-state index contributed by atoms with van der Waals surface area (Å²) in [6.07, 6.45) is 0.116. The van der Waals surface area contributed by atoms with E-state index in [1.54, 1.807) is 14.2 Å². The lowest BCUT2D eigenvalue weighted by molar-refractivity contribution is 0.0642. The average Bonchev–Trinajstić information content (AvgIpc) is 2.77. The zero-order valence-corrected chi connectivity index (χ0v) is 17.7. The van der Waals surface area contributed by atoms with Crippen LogP contribution in [0.15, 0.2) is 42.5 Å². The molecular formula is C23H30N2O4. The van der Waals surface area contributed by atoms with E-state index in [4.69, 9.17) is 14.2 Å². The summed E-state index contributed by atoms with van der Waals surface area (Å²) >= 11 is 0. The molecule has 0 aliphatic carbocycles. The van der Waals surface area contributed by atoms with Gasteiger partial charge < -0.3 is 24.0 Å². The van der Waals surface area contributed by atoms with E-state index in [-0.39, 0.29) is 12.0 Å². The lowest BCUT2D eigenvalue weighted by Gasteiger charge is -2.36. The molecule has 6 heteroatoms. The van der Waals surface area contributed by atoms with Gasteiger partial charge >= 0.3 is 0 Å². The molecule has 1 saturated heterocycles. The molecule has 29 heavy (non-hydrogen) atoms. The number of carbonyl (C=O) groups is 1. The molecule has 1 amide bonds. The van der Waals surface area contributed by atoms with Gasteiger partial charge in [0.1, 0.15) is 11.5 Å². The maximum absolute atomic E-state index is 13.0. The van der Waals surface area contributed by atoms with Crippen molar-refractivity contribution in [1.29, 1.82) is 0 Å². The first kappa shape index (κ1) is 21.0. The largest absolute Gasteiger partial charge is 0.497 e. The van der Waals surface area contributed by atoms with Crippen molar-refractivity contribution in [2.45, 2.75) is 26.6 Å². The minimum atomic E-state index is 0.0489. The van der Waals surface area contributed by atoms with Crippen LogP contribution in [-0.2, 0) is 11.3 Å². The third-order valence-corrected chi connectivity index (χ3v) is 5.10. The minimum absolute atomic E-state index is 0.0489. The quantitative estimate of drug-likeness (QED) is 0.713. The summed E-state index contributed by atoms with van der Waals surface area (Å²) in [5.74, 6) is 1.64. The predicted molar refractivity (Wildman–Crippen MR) is 114 cm³/mol. The summed E-state index contributed by atoms with van der Waals surface area (Å²) in [6, 6.07) is 13.6. The van der Waals surface area contributed by atoms with Crippen LogP contribution in [-0.4, -0.2) is 57.3 Å². The number of anilines is 1. The molecule has 1 heterocycles. The highest BCUT2D eigenvalue weighted by molar-refractivity contribution is 5.94. The Kier molecular flexibility index (Phi) is 6.99. The Labute approximate surface area is 173 Å². The van der Waals surface area contributed by atoms with Gasteiger partial charge in [0.05, 0.1) is 26.9 Å². The summed E-state index contributed by atoms with van der Waals surface area (Å²) < 4.78 is 16.3. The van der Waals surface area contributed by atoms with Crippen LogP contribution < -0.4 is 14.4 Å². The van der Waals surface area contributed by atoms with E-state index in [2.05, 4.69) is 17.0 Å². The molecular weight excluding hydrogens is 368 g/mol. The van der Waals surface area contributed by atoms with Gasteiger partial charge in [0.15, 0.2) is 0 Å². The van der Waals surface area contributed by atoms with Gasteiger partial charge in [-0.15, -0.1) is 0 Å². The number of carbonyl (C=O) groups excluding carboxylic acids is 1. The Hall–Kier alpha value is -2.73. The summed E-state index contributed by atoms with van der Waals surface area (Å²) in [6.45, 7) is 7.39. The second kappa shape index (κ2) is 9.65. The normalized spacial score (nSPS) is 14.2. The van der Waals surface area contributed by atoms with Crippen LogP contribution >= 0.6 is 0 Å². The highest BCUT2D eigenvalue weighted by Gasteiger charge is 2.23. The predicted octanol–water partition coefficient (Wildman–Crippen LogP) is 3.59. The Morgan fingerprint density at radius 2 is 1.66 bits per heavy atom. The van der Waals surface area contributed by atoms with Gasteiger partial charge in [-0.05, 0) is 56.3 Å². The zero-order valence-electron chi connectivity index (χ0n) is 17.7. The van der Waals surface area contributed by atoms with Crippen LogP contribution in [0, 0.1) is 0 Å². The highest BCUT2D eigenvalue weighted by atomic mass is 16.5. The van der Waals surface area contributed by atoms with Crippen LogP contribution in [0.3, 0.4) is 0 Å². The molecule has 3 rings (SSSR count). The first-order valence-electron chi connectivity index (χ1n) is 9.98. The smallest absolute Gasteiger partial charge is 0.253 e. The van der Waals surface area contributed by atoms with Crippen molar-refractivity contribution in [3.63, 3.8) is 0 Å². The van der Waals surface area contributed by atoms with Crippen LogP contribution in [0.2, 0.25) is 0 Å². The summed E-state index contributed by atoms with van der Waals surface area (Å²) in [5.41, 5.74) is 2.71. The number of piperazine rings is 1. The Balaban J connectivity index is 1.64. The van der Waals surface area contributed by atoms with E-state index in [1.807, 2.05) is 49.1 Å². The standard InChI is InChI=1S/C23H30N2O4/c1-17(2)29-16-19-15-18(5-10-22(19)28-4)23(26)25-13-11-24(12-14-25)20-6-8-21(27-3)9-7-20/h5-10,15,17H,11-14,16H2,1-4H3. The van der Waals surface area contributed by atoms with Gasteiger partial charge in [-0.25, -0.2) is 0 Å². The Bertz CT molecular complexity index is 812. The molecule has 156 valence electrons. The molecule has 0 atom stereocenters. The number of benzene rings is 2. The molecule has 2 aromatic carbocycles. The number of rotatable bonds is 7. The summed E-state index contributed by atoms with van der Waals surface area (Å²) in [7, 11) is 3.30. The van der Waals surface area contributed by atoms with Crippen LogP contribution in [0.5, 0.6) is 11.5 Å². The van der Waals surface area contributed by atoms with Crippen molar-refractivity contribution in [3.8, 4) is 11.5 Å². The van der Waals surface area contributed by atoms with Gasteiger partial charge in [-0.1, -0.05) is 0 Å². The summed E-state index contributed by atoms with van der Waals surface area (Å²) in [4.78, 5) is 17.2. The lowest BCUT2D eigenvalue weighted by Crippen LogP contribution is -2.48. The highest BCUT2D eigenvalue weighted by Crippen LogP contribution is 2.24. The number of methoxy groups -OCH3 is 2. The second-order valence-electron chi connectivity index (χ2n) is 7.36. The maximum Gasteiger partial charge on any atom is 0.253 e. The van der Waals surface area contributed by atoms with Crippen LogP contribution in [0.4, 0.5) is 5.69 Å². The fourth-order valence-corrected chi connectivity index (χ4v) is 3.42. The van der Waals surface area contributed by atoms with Crippen LogP contribution in [0.25, 0.3) is 0 Å². The second-order valence-corrected chi connectivity index (χ2v) is 7.36. The zero-order chi connectivity index (χ0) is 20.8. The van der Waals surface area contributed by atoms with Crippen LogP contribution in [0.1, 0.15) is 29.8 Å². The molecule has 1 aliphatic rings. The van der Waals surface area contributed by atoms with E-state index < -0.39 is 0 Å². The number of hydrogen-bond donors (Lipinski definition) is 0. The van der Waals surface area contributed by atoms with Crippen molar-refractivity contribution < 1.29 is 19.0 Å². The van der Waals surface area contributed by atoms with Gasteiger partial charge in [0.2, 0.25) is 0 Å². The monoisotopic (exact) mass is 398 g/mol. The number of nitrogens with zero attached hydrogens (tertiary/aromatic N) is 2. The Morgan fingerprint density at radius 1 is 0.966 bits per heavy atom. The summed E-state index contributed by atoms with van der Waals surface area (Å²) in [5, 5.41) is 0. The van der Waals surface area contributed by atoms with E-state index in [0.29, 0.717) is 25.3 Å². The topological polar surface area (TPSA) is 51.2 Å². The molecule has 0 bridgehead atoms. The molecule has 0 radical (unpaired) electrons. The van der Waals surface area contributed by atoms with Crippen molar-refractivity contribution in [2.75, 3.05) is 45.3 Å². The number of amides is 1. The van der Waals surface area contributed by atoms with Crippen molar-refractivity contribution >= 4 is 11.6 Å². The first-order valence-corrected chi connectivity index (χ1v) is 9.98. The van der Waals surface area contributed by atoms with Crippen molar-refractivity contribution in [1.82, 2.24) is 4.90 Å². The lowest BCUT2D eigenvalue weighted by atomic mass is 10.1. The maximum atomic E-state index is 13.0. The van der Waals surface area contributed by atoms with Crippen molar-refractivity contribution in [3.05, 3.63) is 53.6 Å². The van der Waals surface area contributed by atoms with Crippen molar-refractivity contribution in [2.24, 2.45) is 0 Å². The SMILES string of the molecule is COc1ccc(N2CCN(C(=O)c3ccc(OC)c(COC(C)C)c3)CC2)cc1. The number of ether oxygens (including phenoxy) is 3.